The zero-order valence-corrected chi connectivity index (χ0v) is 28.5. The van der Waals surface area contributed by atoms with Crippen LogP contribution in [0, 0.1) is 13.8 Å². The second kappa shape index (κ2) is 11.7. The number of hydrogen-bond acceptors (Lipinski definition) is 3. The Morgan fingerprint density at radius 3 is 2.14 bits per heavy atom. The number of allylic oxidation sites excluding steroid dienone is 8. The zero-order valence-electron chi connectivity index (χ0n) is 27.7. The Kier molecular flexibility index (Phi) is 8.48. The highest BCUT2D eigenvalue weighted by Gasteiger charge is 2.44. The quantitative estimate of drug-likeness (QED) is 0.296. The molecule has 5 rings (SSSR count). The van der Waals surface area contributed by atoms with Crippen molar-refractivity contribution in [3.05, 3.63) is 92.7 Å². The van der Waals surface area contributed by atoms with Crippen LogP contribution in [-0.4, -0.2) is 37.6 Å². The first-order valence-electron chi connectivity index (χ1n) is 15.7. The molecule has 228 valence electrons. The van der Waals surface area contributed by atoms with Gasteiger partial charge in [0.15, 0.2) is 5.71 Å². The number of rotatable bonds is 7. The number of ether oxygens (including phenoxy) is 2. The summed E-state index contributed by atoms with van der Waals surface area (Å²) in [5.74, 6) is 1.89. The van der Waals surface area contributed by atoms with Crippen molar-refractivity contribution < 1.29 is 14.0 Å². The molecular formula is C38H48ClN2O2+. The maximum atomic E-state index is 7.16. The molecule has 0 unspecified atom stereocenters. The lowest BCUT2D eigenvalue weighted by Gasteiger charge is -2.26. The number of anilines is 1. The number of nitrogens with zero attached hydrogens (tertiary/aromatic N) is 2. The van der Waals surface area contributed by atoms with E-state index < -0.39 is 0 Å². The predicted molar refractivity (Wildman–Crippen MR) is 182 cm³/mol. The van der Waals surface area contributed by atoms with E-state index in [9.17, 15) is 0 Å². The van der Waals surface area contributed by atoms with Crippen molar-refractivity contribution in [1.82, 2.24) is 0 Å². The molecule has 0 radical (unpaired) electrons. The molecule has 0 aromatic heterocycles. The first-order chi connectivity index (χ1) is 20.4. The zero-order chi connectivity index (χ0) is 31.3. The molecule has 43 heavy (non-hydrogen) atoms. The maximum Gasteiger partial charge on any atom is 0.210 e. The molecule has 2 aromatic rings. The molecule has 0 spiro atoms. The highest BCUT2D eigenvalue weighted by atomic mass is 35.5. The van der Waals surface area contributed by atoms with Crippen LogP contribution in [0.4, 0.5) is 11.4 Å². The van der Waals surface area contributed by atoms with Crippen LogP contribution in [0.5, 0.6) is 11.5 Å². The molecule has 2 aliphatic heterocycles. The Bertz CT molecular complexity index is 1620. The summed E-state index contributed by atoms with van der Waals surface area (Å²) >= 11 is 7.16. The Balaban J connectivity index is 1.50. The SMILES string of the molecule is CCN1/C(=C\C=C2/CCCC(/C=C/C3=[N+](CC)c4cc(C)c(OC)cc4C3(C)C)=C2Cl)C(C)(C)c2cc(OC)c(C)cc21. The van der Waals surface area contributed by atoms with Crippen molar-refractivity contribution in [1.29, 1.82) is 0 Å². The summed E-state index contributed by atoms with van der Waals surface area (Å²) in [5, 5.41) is 0.891. The third kappa shape index (κ3) is 5.16. The van der Waals surface area contributed by atoms with Crippen LogP contribution < -0.4 is 14.4 Å². The third-order valence-corrected chi connectivity index (χ3v) is 10.3. The number of hydrogen-bond donors (Lipinski definition) is 0. The number of fused-ring (bicyclic) bond motifs is 2. The van der Waals surface area contributed by atoms with E-state index in [1.807, 2.05) is 0 Å². The second-order valence-corrected chi connectivity index (χ2v) is 13.4. The molecule has 0 fully saturated rings. The average Bonchev–Trinajstić information content (AvgIpc) is 3.31. The van der Waals surface area contributed by atoms with Crippen molar-refractivity contribution in [3.8, 4) is 11.5 Å². The molecule has 1 aliphatic carbocycles. The van der Waals surface area contributed by atoms with Crippen LogP contribution in [0.3, 0.4) is 0 Å². The fraction of sp³-hybridized carbons (Fsp3) is 0.447. The normalized spacial score (nSPS) is 21.0. The van der Waals surface area contributed by atoms with Gasteiger partial charge in [0, 0.05) is 46.1 Å². The molecule has 5 heteroatoms. The number of benzene rings is 2. The summed E-state index contributed by atoms with van der Waals surface area (Å²) in [4.78, 5) is 2.44. The summed E-state index contributed by atoms with van der Waals surface area (Å²) in [6.07, 6.45) is 12.2. The number of methoxy groups -OCH3 is 2. The molecular weight excluding hydrogens is 552 g/mol. The van der Waals surface area contributed by atoms with E-state index in [2.05, 4.69) is 113 Å². The standard InChI is InChI=1S/C38H48ClN2O2/c1-11-40-30-20-24(3)32(42-9)22-28(30)37(5,6)34(40)18-16-26-14-13-15-27(36(26)39)17-19-35-38(7,8)29-23-33(43-10)25(4)21-31(29)41(35)12-2/h16-23H,11-15H2,1-10H3/q+1. The van der Waals surface area contributed by atoms with Gasteiger partial charge in [-0.3, -0.25) is 0 Å². The first kappa shape index (κ1) is 31.2. The highest BCUT2D eigenvalue weighted by Crippen LogP contribution is 2.50. The van der Waals surface area contributed by atoms with Crippen molar-refractivity contribution in [3.63, 3.8) is 0 Å². The molecule has 0 saturated carbocycles. The first-order valence-corrected chi connectivity index (χ1v) is 16.1. The van der Waals surface area contributed by atoms with Gasteiger partial charge >= 0.3 is 0 Å². The summed E-state index contributed by atoms with van der Waals surface area (Å²) in [7, 11) is 3.50. The largest absolute Gasteiger partial charge is 0.496 e. The third-order valence-electron chi connectivity index (χ3n) is 9.79. The Morgan fingerprint density at radius 2 is 1.51 bits per heavy atom. The van der Waals surface area contributed by atoms with Crippen LogP contribution in [0.15, 0.2) is 70.4 Å². The van der Waals surface area contributed by atoms with E-state index in [-0.39, 0.29) is 10.8 Å². The van der Waals surface area contributed by atoms with Crippen LogP contribution >= 0.6 is 11.6 Å². The van der Waals surface area contributed by atoms with Crippen molar-refractivity contribution in [2.24, 2.45) is 0 Å². The van der Waals surface area contributed by atoms with E-state index in [0.29, 0.717) is 0 Å². The highest BCUT2D eigenvalue weighted by molar-refractivity contribution is 6.32. The lowest BCUT2D eigenvalue weighted by molar-refractivity contribution is -0.433. The number of likely N-dealkylation sites (N-methyl/N-ethyl adjacent to an activating group) is 1. The molecule has 2 heterocycles. The molecule has 3 aliphatic rings. The van der Waals surface area contributed by atoms with Gasteiger partial charge in [-0.25, -0.2) is 0 Å². The lowest BCUT2D eigenvalue weighted by Crippen LogP contribution is -2.27. The molecule has 2 aromatic carbocycles. The summed E-state index contributed by atoms with van der Waals surface area (Å²) in [6.45, 7) is 19.7. The van der Waals surface area contributed by atoms with Gasteiger partial charge in [0.2, 0.25) is 5.69 Å². The van der Waals surface area contributed by atoms with E-state index in [4.69, 9.17) is 21.1 Å². The van der Waals surface area contributed by atoms with Gasteiger partial charge in [-0.2, -0.15) is 4.58 Å². The van der Waals surface area contributed by atoms with Crippen LogP contribution in [0.1, 0.15) is 83.1 Å². The van der Waals surface area contributed by atoms with Gasteiger partial charge in [-0.05, 0) is 113 Å². The molecule has 0 amide bonds. The van der Waals surface area contributed by atoms with Gasteiger partial charge in [0.25, 0.3) is 0 Å². The van der Waals surface area contributed by atoms with Crippen molar-refractivity contribution in [2.45, 2.75) is 85.5 Å². The van der Waals surface area contributed by atoms with Crippen LogP contribution in [0.2, 0.25) is 0 Å². The van der Waals surface area contributed by atoms with Gasteiger partial charge in [-0.1, -0.05) is 37.6 Å². The number of aryl methyl sites for hydroxylation is 2. The topological polar surface area (TPSA) is 24.7 Å². The molecule has 0 bridgehead atoms. The smallest absolute Gasteiger partial charge is 0.210 e. The summed E-state index contributed by atoms with van der Waals surface area (Å²) in [6, 6.07) is 8.97. The monoisotopic (exact) mass is 599 g/mol. The lowest BCUT2D eigenvalue weighted by atomic mass is 9.80. The fourth-order valence-corrected chi connectivity index (χ4v) is 7.60. The van der Waals surface area contributed by atoms with Crippen molar-refractivity contribution in [2.75, 3.05) is 32.2 Å². The average molecular weight is 600 g/mol. The molecule has 0 N–H and O–H groups in total. The Morgan fingerprint density at radius 1 is 0.860 bits per heavy atom. The van der Waals surface area contributed by atoms with Gasteiger partial charge in [0.05, 0.1) is 19.6 Å². The molecule has 0 atom stereocenters. The van der Waals surface area contributed by atoms with Crippen LogP contribution in [0.25, 0.3) is 0 Å². The van der Waals surface area contributed by atoms with Gasteiger partial charge in [-0.15, -0.1) is 0 Å². The van der Waals surface area contributed by atoms with E-state index in [0.717, 1.165) is 60.0 Å². The second-order valence-electron chi connectivity index (χ2n) is 13.1. The van der Waals surface area contributed by atoms with E-state index in [1.54, 1.807) is 14.2 Å². The Hall–Kier alpha value is -3.24. The summed E-state index contributed by atoms with van der Waals surface area (Å²) < 4.78 is 13.8. The fourth-order valence-electron chi connectivity index (χ4n) is 7.29. The van der Waals surface area contributed by atoms with E-state index in [1.165, 1.54) is 45.1 Å². The minimum Gasteiger partial charge on any atom is -0.496 e. The minimum atomic E-state index is -0.138. The van der Waals surface area contributed by atoms with Gasteiger partial charge < -0.3 is 14.4 Å². The van der Waals surface area contributed by atoms with Gasteiger partial charge in [0.1, 0.15) is 18.0 Å². The molecule has 4 nitrogen and oxygen atoms in total. The number of halogens is 1. The maximum absolute atomic E-state index is 7.16. The Labute approximate surface area is 264 Å². The molecule has 0 saturated heterocycles. The minimum absolute atomic E-state index is 0.138. The van der Waals surface area contributed by atoms with Crippen molar-refractivity contribution >= 4 is 28.7 Å². The summed E-state index contributed by atoms with van der Waals surface area (Å²) in [5.41, 5.74) is 12.2. The predicted octanol–water partition coefficient (Wildman–Crippen LogP) is 9.58. The van der Waals surface area contributed by atoms with E-state index >= 15 is 0 Å². The van der Waals surface area contributed by atoms with Crippen LogP contribution in [-0.2, 0) is 10.8 Å².